The average Bonchev–Trinajstić information content (AvgIpc) is 2.37. The third kappa shape index (κ3) is 1.99. The van der Waals surface area contributed by atoms with E-state index in [0.717, 1.165) is 5.56 Å². The number of aliphatic hydroxyl groups is 1. The predicted molar refractivity (Wildman–Crippen MR) is 66.6 cm³/mol. The molecule has 0 radical (unpaired) electrons. The summed E-state index contributed by atoms with van der Waals surface area (Å²) in [5, 5.41) is 10.6. The van der Waals surface area contributed by atoms with E-state index in [0.29, 0.717) is 10.8 Å². The number of pyridine rings is 1. The molecule has 1 aromatic heterocycles. The lowest BCUT2D eigenvalue weighted by Gasteiger charge is -2.09. The zero-order valence-electron chi connectivity index (χ0n) is 9.51. The summed E-state index contributed by atoms with van der Waals surface area (Å²) in [6.07, 6.45) is -1.53. The van der Waals surface area contributed by atoms with Crippen LogP contribution in [0.15, 0.2) is 29.1 Å². The molecule has 1 aromatic carbocycles. The van der Waals surface area contributed by atoms with Crippen molar-refractivity contribution in [2.45, 2.75) is 12.6 Å². The van der Waals surface area contributed by atoms with Gasteiger partial charge in [0.2, 0.25) is 0 Å². The number of carbonyl (C=O) groups excluding carboxylic acids is 1. The standard InChI is InChI=1S/C12H13N3O3/c13-5-6-2-1-3-7-8(6)4-9(15-12(7)18)10(16)11(14)17/h1-4,10,16H,5,13H2,(H2,14,17)(H,15,18). The highest BCUT2D eigenvalue weighted by Crippen LogP contribution is 2.18. The van der Waals surface area contributed by atoms with E-state index < -0.39 is 17.6 Å². The van der Waals surface area contributed by atoms with E-state index >= 15 is 0 Å². The topological polar surface area (TPSA) is 122 Å². The summed E-state index contributed by atoms with van der Waals surface area (Å²) in [7, 11) is 0. The van der Waals surface area contributed by atoms with Gasteiger partial charge in [-0.05, 0) is 23.1 Å². The van der Waals surface area contributed by atoms with Crippen molar-refractivity contribution in [3.63, 3.8) is 0 Å². The lowest BCUT2D eigenvalue weighted by atomic mass is 10.0. The summed E-state index contributed by atoms with van der Waals surface area (Å²) in [6.45, 7) is 0.257. The predicted octanol–water partition coefficient (Wildman–Crippen LogP) is -0.495. The average molecular weight is 247 g/mol. The number of nitrogens with two attached hydrogens (primary N) is 2. The molecule has 0 saturated carbocycles. The molecule has 0 saturated heterocycles. The second-order valence-corrected chi connectivity index (χ2v) is 3.94. The number of carbonyl (C=O) groups is 1. The van der Waals surface area contributed by atoms with E-state index in [1.165, 1.54) is 6.07 Å². The summed E-state index contributed by atoms with van der Waals surface area (Å²) in [5.41, 5.74) is 11.0. The number of fused-ring (bicyclic) bond motifs is 1. The second-order valence-electron chi connectivity index (χ2n) is 3.94. The van der Waals surface area contributed by atoms with E-state index in [2.05, 4.69) is 4.98 Å². The first kappa shape index (κ1) is 12.3. The van der Waals surface area contributed by atoms with Crippen molar-refractivity contribution in [2.75, 3.05) is 0 Å². The van der Waals surface area contributed by atoms with Crippen LogP contribution in [0, 0.1) is 0 Å². The van der Waals surface area contributed by atoms with Gasteiger partial charge in [-0.2, -0.15) is 0 Å². The minimum Gasteiger partial charge on any atom is -0.377 e. The zero-order valence-corrected chi connectivity index (χ0v) is 9.51. The molecule has 6 N–H and O–H groups in total. The Kier molecular flexibility index (Phi) is 3.14. The first-order valence-corrected chi connectivity index (χ1v) is 5.37. The number of hydrogen-bond donors (Lipinski definition) is 4. The molecule has 1 atom stereocenters. The Morgan fingerprint density at radius 1 is 1.39 bits per heavy atom. The molecule has 1 unspecified atom stereocenters. The van der Waals surface area contributed by atoms with Gasteiger partial charge in [0.05, 0.1) is 5.69 Å². The molecule has 0 bridgehead atoms. The number of aliphatic hydroxyl groups excluding tert-OH is 1. The van der Waals surface area contributed by atoms with E-state index in [1.54, 1.807) is 18.2 Å². The van der Waals surface area contributed by atoms with Crippen molar-refractivity contribution in [1.82, 2.24) is 4.98 Å². The van der Waals surface area contributed by atoms with Crippen LogP contribution in [0.25, 0.3) is 10.8 Å². The highest BCUT2D eigenvalue weighted by Gasteiger charge is 2.16. The SMILES string of the molecule is NCc1cccc2c(=O)[nH]c(C(O)C(N)=O)cc12. The Hall–Kier alpha value is -2.18. The molecule has 94 valence electrons. The largest absolute Gasteiger partial charge is 0.377 e. The van der Waals surface area contributed by atoms with Crippen LogP contribution in [0.1, 0.15) is 17.4 Å². The molecule has 1 heterocycles. The van der Waals surface area contributed by atoms with Crippen LogP contribution in [-0.4, -0.2) is 16.0 Å². The maximum Gasteiger partial charge on any atom is 0.256 e. The van der Waals surface area contributed by atoms with Crippen LogP contribution in [0.5, 0.6) is 0 Å². The number of rotatable bonds is 3. The maximum atomic E-state index is 11.8. The van der Waals surface area contributed by atoms with Crippen molar-refractivity contribution < 1.29 is 9.90 Å². The number of primary amides is 1. The van der Waals surface area contributed by atoms with Crippen molar-refractivity contribution in [2.24, 2.45) is 11.5 Å². The van der Waals surface area contributed by atoms with Gasteiger partial charge in [0.15, 0.2) is 6.10 Å². The van der Waals surface area contributed by atoms with E-state index in [1.807, 2.05) is 0 Å². The molecule has 0 aliphatic rings. The highest BCUT2D eigenvalue weighted by atomic mass is 16.3. The number of H-pyrrole nitrogens is 1. The molecule has 0 aliphatic heterocycles. The van der Waals surface area contributed by atoms with Crippen LogP contribution in [0.2, 0.25) is 0 Å². The van der Waals surface area contributed by atoms with Crippen LogP contribution >= 0.6 is 0 Å². The van der Waals surface area contributed by atoms with Gasteiger partial charge in [-0.15, -0.1) is 0 Å². The van der Waals surface area contributed by atoms with E-state index in [4.69, 9.17) is 11.5 Å². The van der Waals surface area contributed by atoms with Crippen molar-refractivity contribution in [3.05, 3.63) is 45.9 Å². The molecule has 0 aliphatic carbocycles. The zero-order chi connectivity index (χ0) is 13.3. The van der Waals surface area contributed by atoms with E-state index in [9.17, 15) is 14.7 Å². The first-order chi connectivity index (χ1) is 8.54. The van der Waals surface area contributed by atoms with Crippen LogP contribution < -0.4 is 17.0 Å². The highest BCUT2D eigenvalue weighted by molar-refractivity contribution is 5.87. The summed E-state index contributed by atoms with van der Waals surface area (Å²) in [6, 6.07) is 6.67. The molecule has 0 spiro atoms. The van der Waals surface area contributed by atoms with Crippen LogP contribution in [-0.2, 0) is 11.3 Å². The van der Waals surface area contributed by atoms with Crippen LogP contribution in [0.3, 0.4) is 0 Å². The first-order valence-electron chi connectivity index (χ1n) is 5.37. The monoisotopic (exact) mass is 247 g/mol. The lowest BCUT2D eigenvalue weighted by molar-refractivity contribution is -0.126. The second kappa shape index (κ2) is 4.59. The molecule has 0 fully saturated rings. The molecule has 18 heavy (non-hydrogen) atoms. The fourth-order valence-corrected chi connectivity index (χ4v) is 1.85. The third-order valence-electron chi connectivity index (χ3n) is 2.78. The van der Waals surface area contributed by atoms with Crippen LogP contribution in [0.4, 0.5) is 0 Å². The Morgan fingerprint density at radius 3 is 2.72 bits per heavy atom. The third-order valence-corrected chi connectivity index (χ3v) is 2.78. The summed E-state index contributed by atoms with van der Waals surface area (Å²) in [5.74, 6) is -0.921. The number of aromatic amines is 1. The summed E-state index contributed by atoms with van der Waals surface area (Å²) in [4.78, 5) is 25.2. The lowest BCUT2D eigenvalue weighted by Crippen LogP contribution is -2.24. The van der Waals surface area contributed by atoms with Gasteiger partial charge in [-0.1, -0.05) is 12.1 Å². The van der Waals surface area contributed by atoms with Crippen molar-refractivity contribution in [3.8, 4) is 0 Å². The fraction of sp³-hybridized carbons (Fsp3) is 0.167. The van der Waals surface area contributed by atoms with Gasteiger partial charge in [0, 0.05) is 11.9 Å². The molecule has 6 nitrogen and oxygen atoms in total. The molecule has 1 amide bonds. The molecular weight excluding hydrogens is 234 g/mol. The Morgan fingerprint density at radius 2 is 2.11 bits per heavy atom. The Balaban J connectivity index is 2.74. The normalized spacial score (nSPS) is 12.6. The van der Waals surface area contributed by atoms with Crippen molar-refractivity contribution >= 4 is 16.7 Å². The number of nitrogens with one attached hydrogen (secondary N) is 1. The molecule has 6 heteroatoms. The number of aromatic nitrogens is 1. The molecule has 2 rings (SSSR count). The minimum absolute atomic E-state index is 0.0703. The number of hydrogen-bond acceptors (Lipinski definition) is 4. The van der Waals surface area contributed by atoms with E-state index in [-0.39, 0.29) is 12.2 Å². The number of benzene rings is 1. The van der Waals surface area contributed by atoms with Gasteiger partial charge in [0.1, 0.15) is 0 Å². The maximum absolute atomic E-state index is 11.8. The van der Waals surface area contributed by atoms with Gasteiger partial charge < -0.3 is 21.6 Å². The smallest absolute Gasteiger partial charge is 0.256 e. The number of amides is 1. The van der Waals surface area contributed by atoms with Gasteiger partial charge >= 0.3 is 0 Å². The van der Waals surface area contributed by atoms with Crippen molar-refractivity contribution in [1.29, 1.82) is 0 Å². The Labute approximate surface area is 102 Å². The summed E-state index contributed by atoms with van der Waals surface area (Å²) >= 11 is 0. The van der Waals surface area contributed by atoms with Gasteiger partial charge in [-0.3, -0.25) is 9.59 Å². The molecule has 2 aromatic rings. The minimum atomic E-state index is -1.53. The molecular formula is C12H13N3O3. The fourth-order valence-electron chi connectivity index (χ4n) is 1.85. The Bertz CT molecular complexity index is 663. The summed E-state index contributed by atoms with van der Waals surface area (Å²) < 4.78 is 0. The van der Waals surface area contributed by atoms with Gasteiger partial charge in [0.25, 0.3) is 11.5 Å². The van der Waals surface area contributed by atoms with Gasteiger partial charge in [-0.25, -0.2) is 0 Å². The quantitative estimate of drug-likeness (QED) is 0.584.